The van der Waals surface area contributed by atoms with Crippen molar-refractivity contribution in [2.24, 2.45) is 7.05 Å². The maximum absolute atomic E-state index is 12.7. The Morgan fingerprint density at radius 1 is 1.40 bits per heavy atom. The molecule has 0 bridgehead atoms. The Kier molecular flexibility index (Phi) is 3.27. The molecule has 1 fully saturated rings. The highest BCUT2D eigenvalue weighted by Gasteiger charge is 2.32. The van der Waals surface area contributed by atoms with Crippen LogP contribution in [0.15, 0.2) is 21.3 Å². The molecule has 0 aromatic carbocycles. The molecule has 7 nitrogen and oxygen atoms in total. The number of hydrogen-bond donors (Lipinski definition) is 0. The van der Waals surface area contributed by atoms with E-state index in [2.05, 4.69) is 15.2 Å². The summed E-state index contributed by atoms with van der Waals surface area (Å²) in [6.07, 6.45) is 3.03. The number of aryl methyl sites for hydroxylation is 1. The quantitative estimate of drug-likeness (QED) is 0.722. The second kappa shape index (κ2) is 5.52. The number of hydrogen-bond acceptors (Lipinski definition) is 6. The summed E-state index contributed by atoms with van der Waals surface area (Å²) >= 11 is 1.54. The van der Waals surface area contributed by atoms with E-state index >= 15 is 0 Å². The Bertz CT molecular complexity index is 939. The van der Waals surface area contributed by atoms with Gasteiger partial charge in [-0.3, -0.25) is 9.48 Å². The monoisotopic (exact) mass is 355 g/mol. The van der Waals surface area contributed by atoms with Gasteiger partial charge in [-0.2, -0.15) is 21.4 Å². The van der Waals surface area contributed by atoms with Crippen LogP contribution < -0.4 is 0 Å². The van der Waals surface area contributed by atoms with Gasteiger partial charge in [-0.15, -0.1) is 0 Å². The van der Waals surface area contributed by atoms with Gasteiger partial charge in [0.15, 0.2) is 11.5 Å². The van der Waals surface area contributed by atoms with E-state index in [9.17, 15) is 4.79 Å². The first-order valence-electron chi connectivity index (χ1n) is 8.41. The largest absolute Gasteiger partial charge is 0.334 e. The molecule has 5 rings (SSSR count). The summed E-state index contributed by atoms with van der Waals surface area (Å²) in [7, 11) is 1.93. The number of aromatic nitrogens is 4. The predicted octanol–water partition coefficient (Wildman–Crippen LogP) is 2.61. The van der Waals surface area contributed by atoms with Crippen molar-refractivity contribution in [2.75, 3.05) is 6.54 Å². The average Bonchev–Trinajstić information content (AvgIpc) is 3.04. The Morgan fingerprint density at radius 3 is 3.04 bits per heavy atom. The summed E-state index contributed by atoms with van der Waals surface area (Å²) in [6, 6.07) is 1.87. The van der Waals surface area contributed by atoms with Crippen LogP contribution in [-0.4, -0.2) is 37.3 Å². The topological polar surface area (TPSA) is 77.1 Å². The number of nitrogens with zero attached hydrogens (tertiary/aromatic N) is 5. The molecule has 4 heterocycles. The summed E-state index contributed by atoms with van der Waals surface area (Å²) in [5.74, 6) is 1.74. The molecule has 8 heteroatoms. The number of thiophene rings is 1. The third-order valence-corrected chi connectivity index (χ3v) is 5.57. The van der Waals surface area contributed by atoms with Crippen molar-refractivity contribution in [2.45, 2.75) is 31.7 Å². The lowest BCUT2D eigenvalue weighted by molar-refractivity contribution is 0.0734. The molecular formula is C17H17N5O2S. The molecule has 1 saturated carbocycles. The highest BCUT2D eigenvalue weighted by Crippen LogP contribution is 2.39. The number of rotatable bonds is 3. The van der Waals surface area contributed by atoms with Crippen molar-refractivity contribution < 1.29 is 9.32 Å². The van der Waals surface area contributed by atoms with Gasteiger partial charge in [0.2, 0.25) is 0 Å². The lowest BCUT2D eigenvalue weighted by atomic mass is 10.0. The average molecular weight is 355 g/mol. The van der Waals surface area contributed by atoms with Gasteiger partial charge in [-0.25, -0.2) is 0 Å². The van der Waals surface area contributed by atoms with Crippen LogP contribution in [0.25, 0.3) is 11.6 Å². The Morgan fingerprint density at radius 2 is 2.28 bits per heavy atom. The molecular weight excluding hydrogens is 338 g/mol. The molecule has 2 aliphatic rings. The van der Waals surface area contributed by atoms with Crippen LogP contribution in [0.2, 0.25) is 0 Å². The molecule has 1 amide bonds. The molecule has 0 spiro atoms. The molecule has 1 aliphatic heterocycles. The lowest BCUT2D eigenvalue weighted by Gasteiger charge is -2.27. The van der Waals surface area contributed by atoms with Gasteiger partial charge >= 0.3 is 0 Å². The Hall–Kier alpha value is -2.48. The van der Waals surface area contributed by atoms with E-state index in [1.165, 1.54) is 11.3 Å². The Labute approximate surface area is 148 Å². The molecule has 0 atom stereocenters. The molecule has 3 aromatic heterocycles. The Balaban J connectivity index is 1.48. The van der Waals surface area contributed by atoms with Crippen LogP contribution in [0.4, 0.5) is 0 Å². The lowest BCUT2D eigenvalue weighted by Crippen LogP contribution is -2.36. The highest BCUT2D eigenvalue weighted by atomic mass is 32.1. The summed E-state index contributed by atoms with van der Waals surface area (Å²) in [5.41, 5.74) is 3.60. The van der Waals surface area contributed by atoms with Crippen LogP contribution in [0.3, 0.4) is 0 Å². The fourth-order valence-corrected chi connectivity index (χ4v) is 3.97. The second-order valence-corrected chi connectivity index (χ2v) is 7.40. The summed E-state index contributed by atoms with van der Waals surface area (Å²) in [5, 5.41) is 12.5. The van der Waals surface area contributed by atoms with Gasteiger partial charge in [0, 0.05) is 42.6 Å². The van der Waals surface area contributed by atoms with Crippen molar-refractivity contribution in [3.8, 4) is 11.6 Å². The van der Waals surface area contributed by atoms with Gasteiger partial charge in [-0.1, -0.05) is 5.16 Å². The van der Waals surface area contributed by atoms with E-state index in [1.54, 1.807) is 0 Å². The minimum Gasteiger partial charge on any atom is -0.334 e. The predicted molar refractivity (Wildman–Crippen MR) is 91.2 cm³/mol. The molecule has 1 aliphatic carbocycles. The van der Waals surface area contributed by atoms with Crippen LogP contribution >= 0.6 is 11.3 Å². The number of fused-ring (bicyclic) bond motifs is 1. The molecule has 128 valence electrons. The maximum atomic E-state index is 12.7. The fourth-order valence-electron chi connectivity index (χ4n) is 3.34. The highest BCUT2D eigenvalue weighted by molar-refractivity contribution is 7.08. The third kappa shape index (κ3) is 2.48. The van der Waals surface area contributed by atoms with Crippen molar-refractivity contribution in [3.63, 3.8) is 0 Å². The number of carbonyl (C=O) groups excluding carboxylic acids is 1. The zero-order chi connectivity index (χ0) is 17.0. The van der Waals surface area contributed by atoms with Crippen molar-refractivity contribution in [1.29, 1.82) is 0 Å². The van der Waals surface area contributed by atoms with Crippen molar-refractivity contribution in [1.82, 2.24) is 24.8 Å². The minimum absolute atomic E-state index is 0.0610. The van der Waals surface area contributed by atoms with Gasteiger partial charge in [0.1, 0.15) is 0 Å². The summed E-state index contributed by atoms with van der Waals surface area (Å²) < 4.78 is 7.33. The first-order valence-corrected chi connectivity index (χ1v) is 9.35. The van der Waals surface area contributed by atoms with Gasteiger partial charge in [-0.05, 0) is 24.3 Å². The van der Waals surface area contributed by atoms with E-state index < -0.39 is 0 Å². The standard InChI is InChI=1S/C17H17N5O2S/c1-21-13-4-6-22(17(23)11-5-7-25-9-11)8-12(13)14(19-21)16-18-15(20-24-16)10-2-3-10/h5,7,9-10H,2-4,6,8H2,1H3. The zero-order valence-corrected chi connectivity index (χ0v) is 14.6. The van der Waals surface area contributed by atoms with Crippen LogP contribution in [0, 0.1) is 0 Å². The van der Waals surface area contributed by atoms with Crippen LogP contribution in [0.1, 0.15) is 46.2 Å². The summed E-state index contributed by atoms with van der Waals surface area (Å²) in [6.45, 7) is 1.21. The van der Waals surface area contributed by atoms with Gasteiger partial charge in [0.25, 0.3) is 11.8 Å². The van der Waals surface area contributed by atoms with Crippen LogP contribution in [0.5, 0.6) is 0 Å². The SMILES string of the molecule is Cn1nc(-c2nc(C3CC3)no2)c2c1CCN(C(=O)c1ccsc1)C2. The van der Waals surface area contributed by atoms with Gasteiger partial charge < -0.3 is 9.42 Å². The number of carbonyl (C=O) groups is 1. The molecule has 0 radical (unpaired) electrons. The molecule has 25 heavy (non-hydrogen) atoms. The number of amides is 1. The van der Waals surface area contributed by atoms with E-state index in [0.29, 0.717) is 30.6 Å². The molecule has 3 aromatic rings. The van der Waals surface area contributed by atoms with E-state index in [-0.39, 0.29) is 5.91 Å². The minimum atomic E-state index is 0.0610. The normalized spacial score (nSPS) is 16.9. The maximum Gasteiger partial charge on any atom is 0.278 e. The second-order valence-electron chi connectivity index (χ2n) is 6.62. The van der Waals surface area contributed by atoms with Crippen LogP contribution in [-0.2, 0) is 20.0 Å². The van der Waals surface area contributed by atoms with Crippen molar-refractivity contribution >= 4 is 17.2 Å². The molecule has 0 N–H and O–H groups in total. The zero-order valence-electron chi connectivity index (χ0n) is 13.8. The summed E-state index contributed by atoms with van der Waals surface area (Å²) in [4.78, 5) is 19.1. The molecule has 0 saturated heterocycles. The third-order valence-electron chi connectivity index (χ3n) is 4.88. The van der Waals surface area contributed by atoms with E-state index in [4.69, 9.17) is 4.52 Å². The first kappa shape index (κ1) is 14.8. The van der Waals surface area contributed by atoms with Gasteiger partial charge in [0.05, 0.1) is 12.1 Å². The van der Waals surface area contributed by atoms with Crippen molar-refractivity contribution in [3.05, 3.63) is 39.5 Å². The smallest absolute Gasteiger partial charge is 0.278 e. The first-order chi connectivity index (χ1) is 12.2. The van der Waals surface area contributed by atoms with E-state index in [0.717, 1.165) is 41.9 Å². The van der Waals surface area contributed by atoms with E-state index in [1.807, 2.05) is 33.5 Å². The molecule has 0 unspecified atom stereocenters. The fraction of sp³-hybridized carbons (Fsp3) is 0.412.